The Bertz CT molecular complexity index is 381. The molecule has 23 heavy (non-hydrogen) atoms. The van der Waals surface area contributed by atoms with Crippen molar-refractivity contribution >= 4 is 33.8 Å². The Labute approximate surface area is 143 Å². The molecule has 0 unspecified atom stereocenters. The van der Waals surface area contributed by atoms with Gasteiger partial charge in [0, 0.05) is 12.5 Å². The predicted octanol–water partition coefficient (Wildman–Crippen LogP) is 5.95. The van der Waals surface area contributed by atoms with Gasteiger partial charge in [-0.3, -0.25) is 0 Å². The molecule has 138 valence electrons. The lowest BCUT2D eigenvalue weighted by atomic mass is 10.4. The minimum Gasteiger partial charge on any atom is -0.417 e. The fourth-order valence-electron chi connectivity index (χ4n) is 1.97. The molecule has 0 rings (SSSR count). The third-order valence-corrected chi connectivity index (χ3v) is 14.2. The van der Waals surface area contributed by atoms with E-state index in [0.29, 0.717) is 0 Å². The van der Waals surface area contributed by atoms with Crippen molar-refractivity contribution in [2.45, 2.75) is 71.4 Å². The first-order valence-corrected chi connectivity index (χ1v) is 19.9. The number of hydrogen-bond acceptors (Lipinski definition) is 3. The molecule has 0 amide bonds. The first-order valence-electron chi connectivity index (χ1n) is 7.75. The molecule has 0 heterocycles. The lowest BCUT2D eigenvalue weighted by Gasteiger charge is -2.42. The summed E-state index contributed by atoms with van der Waals surface area (Å²) in [5.41, 5.74) is 0. The van der Waals surface area contributed by atoms with Gasteiger partial charge in [-0.25, -0.2) is 4.39 Å². The van der Waals surface area contributed by atoms with E-state index in [9.17, 15) is 13.2 Å². The molecule has 0 saturated heterocycles. The lowest BCUT2D eigenvalue weighted by Crippen LogP contribution is -2.60. The van der Waals surface area contributed by atoms with E-state index in [1.165, 1.54) is 0 Å². The molecule has 0 aromatic carbocycles. The second kappa shape index (κ2) is 8.10. The van der Waals surface area contributed by atoms with Gasteiger partial charge in [-0.05, 0) is 58.9 Å². The molecule has 0 aromatic heterocycles. The highest BCUT2D eigenvalue weighted by molar-refractivity contribution is 6.90. The van der Waals surface area contributed by atoms with Gasteiger partial charge in [-0.2, -0.15) is 8.78 Å². The first-order chi connectivity index (χ1) is 9.95. The second-order valence-electron chi connectivity index (χ2n) is 8.49. The smallest absolute Gasteiger partial charge is 0.417 e. The number of allylic oxidation sites excluding steroid dienone is 1. The summed E-state index contributed by atoms with van der Waals surface area (Å²) in [4.78, 5) is 0. The molecule has 0 saturated carbocycles. The van der Waals surface area contributed by atoms with Gasteiger partial charge in [-0.1, -0.05) is 0 Å². The summed E-state index contributed by atoms with van der Waals surface area (Å²) >= 11 is 0. The van der Waals surface area contributed by atoms with Crippen molar-refractivity contribution in [2.75, 3.05) is 0 Å². The van der Waals surface area contributed by atoms with Gasteiger partial charge >= 0.3 is 14.9 Å². The van der Waals surface area contributed by atoms with Crippen LogP contribution in [0.5, 0.6) is 0 Å². The second-order valence-corrected chi connectivity index (χ2v) is 25.5. The molecule has 10 heteroatoms. The van der Waals surface area contributed by atoms with Gasteiger partial charge in [0.2, 0.25) is 0 Å². The average molecular weight is 405 g/mol. The van der Waals surface area contributed by atoms with Crippen molar-refractivity contribution in [3.8, 4) is 0 Å². The molecule has 0 radical (unpaired) electrons. The molecule has 0 bridgehead atoms. The van der Waals surface area contributed by atoms with Gasteiger partial charge in [0.1, 0.15) is 0 Å². The Morgan fingerprint density at radius 2 is 0.957 bits per heavy atom. The quantitative estimate of drug-likeness (QED) is 0.445. The highest BCUT2D eigenvalue weighted by Crippen LogP contribution is 2.32. The Morgan fingerprint density at radius 3 is 1.17 bits per heavy atom. The zero-order chi connectivity index (χ0) is 18.7. The van der Waals surface area contributed by atoms with Gasteiger partial charge in [-0.15, -0.1) is 0 Å². The summed E-state index contributed by atoms with van der Waals surface area (Å²) in [5.74, 6) is -1.40. The van der Waals surface area contributed by atoms with E-state index in [1.807, 2.05) is 58.9 Å². The van der Waals surface area contributed by atoms with Crippen LogP contribution in [0.1, 0.15) is 6.42 Å². The number of hydrogen-bond donors (Lipinski definition) is 0. The van der Waals surface area contributed by atoms with E-state index < -0.39 is 52.1 Å². The van der Waals surface area contributed by atoms with Crippen LogP contribution in [-0.4, -0.2) is 33.8 Å². The average Bonchev–Trinajstić information content (AvgIpc) is 2.17. The van der Waals surface area contributed by atoms with E-state index in [0.717, 1.165) is 0 Å². The van der Waals surface area contributed by atoms with Crippen LogP contribution >= 0.6 is 0 Å². The third-order valence-electron chi connectivity index (χ3n) is 2.24. The normalized spacial score (nSPS) is 14.1. The van der Waals surface area contributed by atoms with E-state index in [2.05, 4.69) is 0 Å². The highest BCUT2D eigenvalue weighted by Gasteiger charge is 2.49. The molecule has 0 aliphatic rings. The fourth-order valence-corrected chi connectivity index (χ4v) is 16.5. The van der Waals surface area contributed by atoms with Crippen molar-refractivity contribution in [3.63, 3.8) is 0 Å². The summed E-state index contributed by atoms with van der Waals surface area (Å²) in [6.07, 6.45) is -2.68. The van der Waals surface area contributed by atoms with E-state index in [-0.39, 0.29) is 6.04 Å². The molecule has 0 spiro atoms. The third kappa shape index (κ3) is 11.5. The monoisotopic (exact) mass is 404 g/mol. The minimum absolute atomic E-state index is 0.0506. The minimum atomic E-state index is -3.23. The van der Waals surface area contributed by atoms with Crippen LogP contribution in [-0.2, 0) is 12.3 Å². The van der Waals surface area contributed by atoms with Crippen LogP contribution in [0.4, 0.5) is 13.2 Å². The topological polar surface area (TPSA) is 27.7 Å². The number of halogens is 3. The zero-order valence-corrected chi connectivity index (χ0v) is 19.8. The Kier molecular flexibility index (Phi) is 8.20. The maximum atomic E-state index is 13.4. The van der Waals surface area contributed by atoms with Crippen LogP contribution in [0, 0.1) is 0 Å². The maximum Gasteiger partial charge on any atom is 0.469 e. The molecular formula is C13H31F3O3Si4. The molecule has 0 aliphatic carbocycles. The van der Waals surface area contributed by atoms with E-state index >= 15 is 0 Å². The molecule has 0 atom stereocenters. The summed E-state index contributed by atoms with van der Waals surface area (Å²) in [6, 6.07) is 0.0506. The first kappa shape index (κ1) is 23.3. The van der Waals surface area contributed by atoms with Gasteiger partial charge in [0.25, 0.3) is 0 Å². The van der Waals surface area contributed by atoms with Crippen molar-refractivity contribution in [1.29, 1.82) is 0 Å². The SMILES string of the molecule is C[Si](C)(C)O[Si](CCC(F)=C(F)F)(O[Si](C)(C)C)O[Si](C)(C)C. The summed E-state index contributed by atoms with van der Waals surface area (Å²) in [5, 5.41) is 0. The van der Waals surface area contributed by atoms with Crippen molar-refractivity contribution in [2.24, 2.45) is 0 Å². The van der Waals surface area contributed by atoms with E-state index in [1.54, 1.807) is 0 Å². The Hall–Kier alpha value is 0.278. The molecule has 0 aliphatic heterocycles. The Morgan fingerprint density at radius 1 is 0.652 bits per heavy atom. The largest absolute Gasteiger partial charge is 0.469 e. The highest BCUT2D eigenvalue weighted by atomic mass is 28.5. The standard InChI is InChI=1S/C13H31F3O3Si4/c1-20(2,3)17-23(18-21(4,5)6,19-22(7,8)9)11-10-12(14)13(15)16/h10-11H2,1-9H3. The van der Waals surface area contributed by atoms with Gasteiger partial charge < -0.3 is 12.3 Å². The summed E-state index contributed by atoms with van der Waals surface area (Å²) < 4.78 is 57.1. The molecule has 3 nitrogen and oxygen atoms in total. The molecular weight excluding hydrogens is 373 g/mol. The van der Waals surface area contributed by atoms with Crippen LogP contribution in [0.15, 0.2) is 11.9 Å². The summed E-state index contributed by atoms with van der Waals surface area (Å²) in [7, 11) is -9.42. The molecule has 0 aromatic rings. The van der Waals surface area contributed by atoms with Crippen LogP contribution in [0.2, 0.25) is 65.0 Å². The van der Waals surface area contributed by atoms with Crippen molar-refractivity contribution < 1.29 is 25.5 Å². The lowest BCUT2D eigenvalue weighted by molar-refractivity contribution is 0.249. The summed E-state index contributed by atoms with van der Waals surface area (Å²) in [6.45, 7) is 18.0. The molecule has 0 fully saturated rings. The van der Waals surface area contributed by atoms with Gasteiger partial charge in [0.15, 0.2) is 30.8 Å². The Balaban J connectivity index is 5.67. The van der Waals surface area contributed by atoms with Crippen LogP contribution < -0.4 is 0 Å². The van der Waals surface area contributed by atoms with Gasteiger partial charge in [0.05, 0.1) is 0 Å². The fraction of sp³-hybridized carbons (Fsp3) is 0.846. The van der Waals surface area contributed by atoms with Crippen LogP contribution in [0.3, 0.4) is 0 Å². The zero-order valence-electron chi connectivity index (χ0n) is 15.8. The molecule has 0 N–H and O–H groups in total. The van der Waals surface area contributed by atoms with Crippen molar-refractivity contribution in [3.05, 3.63) is 11.9 Å². The maximum absolute atomic E-state index is 13.4. The van der Waals surface area contributed by atoms with E-state index in [4.69, 9.17) is 12.3 Å². The van der Waals surface area contributed by atoms with Crippen molar-refractivity contribution in [1.82, 2.24) is 0 Å². The number of rotatable bonds is 9. The predicted molar refractivity (Wildman–Crippen MR) is 98.8 cm³/mol. The van der Waals surface area contributed by atoms with Crippen LogP contribution in [0.25, 0.3) is 0 Å².